The molecule has 0 aliphatic heterocycles. The number of esters is 3. The van der Waals surface area contributed by atoms with E-state index in [1.54, 1.807) is 13.0 Å². The number of nitrogens with one attached hydrogen (secondary N) is 1. The van der Waals surface area contributed by atoms with Crippen molar-refractivity contribution in [3.05, 3.63) is 38.4 Å². The van der Waals surface area contributed by atoms with Crippen LogP contribution in [0.3, 0.4) is 0 Å². The molecule has 1 aromatic carbocycles. The Morgan fingerprint density at radius 2 is 1.83 bits per heavy atom. The quantitative estimate of drug-likeness (QED) is 0.393. The summed E-state index contributed by atoms with van der Waals surface area (Å²) in [6, 6.07) is 3.19. The highest BCUT2D eigenvalue weighted by Crippen LogP contribution is 2.32. The molecule has 0 unspecified atom stereocenters. The van der Waals surface area contributed by atoms with Crippen molar-refractivity contribution in [1.82, 2.24) is 0 Å². The second-order valence-corrected chi connectivity index (χ2v) is 6.00. The van der Waals surface area contributed by atoms with Crippen LogP contribution in [0.25, 0.3) is 0 Å². The predicted octanol–water partition coefficient (Wildman–Crippen LogP) is 3.03. The molecule has 130 valence electrons. The molecular formula is C15H15Br2NO6. The molecule has 1 N–H and O–H groups in total. The first kappa shape index (κ1) is 20.2. The highest BCUT2D eigenvalue weighted by molar-refractivity contribution is 9.11. The third-order valence-electron chi connectivity index (χ3n) is 2.68. The topological polar surface area (TPSA) is 90.9 Å². The predicted molar refractivity (Wildman–Crippen MR) is 93.5 cm³/mol. The first-order valence-electron chi connectivity index (χ1n) is 6.65. The van der Waals surface area contributed by atoms with Gasteiger partial charge in [-0.05, 0) is 35.0 Å². The fourth-order valence-corrected chi connectivity index (χ4v) is 2.96. The van der Waals surface area contributed by atoms with E-state index in [2.05, 4.69) is 46.7 Å². The van der Waals surface area contributed by atoms with Gasteiger partial charge in [0.1, 0.15) is 5.70 Å². The first-order chi connectivity index (χ1) is 11.3. The van der Waals surface area contributed by atoms with Gasteiger partial charge < -0.3 is 19.5 Å². The van der Waals surface area contributed by atoms with E-state index in [0.717, 1.165) is 13.2 Å². The van der Waals surface area contributed by atoms with Gasteiger partial charge in [0.05, 0.1) is 38.2 Å². The largest absolute Gasteiger partial charge is 0.466 e. The second kappa shape index (κ2) is 9.43. The minimum Gasteiger partial charge on any atom is -0.466 e. The molecule has 0 aliphatic carbocycles. The molecule has 1 aromatic rings. The van der Waals surface area contributed by atoms with Crippen molar-refractivity contribution in [3.8, 4) is 0 Å². The molecule has 0 fully saturated rings. The Hall–Kier alpha value is -1.87. The van der Waals surface area contributed by atoms with E-state index in [-0.39, 0.29) is 23.6 Å². The normalized spacial score (nSPS) is 10.8. The summed E-state index contributed by atoms with van der Waals surface area (Å²) in [6.45, 7) is 1.86. The number of anilines is 1. The number of methoxy groups -OCH3 is 2. The van der Waals surface area contributed by atoms with Gasteiger partial charge in [0.2, 0.25) is 0 Å². The van der Waals surface area contributed by atoms with Gasteiger partial charge in [-0.2, -0.15) is 0 Å². The molecule has 0 aromatic heterocycles. The molecule has 1 rings (SSSR count). The maximum absolute atomic E-state index is 12.1. The van der Waals surface area contributed by atoms with Crippen molar-refractivity contribution >= 4 is 55.5 Å². The number of hydrogen-bond acceptors (Lipinski definition) is 7. The molecule has 0 saturated carbocycles. The number of halogens is 2. The van der Waals surface area contributed by atoms with Crippen molar-refractivity contribution in [1.29, 1.82) is 0 Å². The lowest BCUT2D eigenvalue weighted by atomic mass is 10.1. The van der Waals surface area contributed by atoms with Crippen LogP contribution in [0, 0.1) is 0 Å². The van der Waals surface area contributed by atoms with Crippen LogP contribution in [0.15, 0.2) is 32.9 Å². The molecule has 0 heterocycles. The van der Waals surface area contributed by atoms with E-state index < -0.39 is 17.9 Å². The van der Waals surface area contributed by atoms with E-state index in [1.807, 2.05) is 0 Å². The summed E-state index contributed by atoms with van der Waals surface area (Å²) in [6.07, 6.45) is 0.926. The molecule has 0 amide bonds. The van der Waals surface area contributed by atoms with E-state index in [9.17, 15) is 14.4 Å². The molecule has 0 bridgehead atoms. The van der Waals surface area contributed by atoms with E-state index in [1.165, 1.54) is 13.2 Å². The maximum atomic E-state index is 12.1. The Morgan fingerprint density at radius 1 is 1.17 bits per heavy atom. The van der Waals surface area contributed by atoms with Crippen LogP contribution in [0.5, 0.6) is 0 Å². The summed E-state index contributed by atoms with van der Waals surface area (Å²) in [5.41, 5.74) is 0.216. The first-order valence-corrected chi connectivity index (χ1v) is 8.23. The summed E-state index contributed by atoms with van der Waals surface area (Å²) in [7, 11) is 2.34. The van der Waals surface area contributed by atoms with Crippen LogP contribution in [0.4, 0.5) is 5.69 Å². The lowest BCUT2D eigenvalue weighted by Crippen LogP contribution is -2.18. The smallest absolute Gasteiger partial charge is 0.354 e. The average Bonchev–Trinajstić information content (AvgIpc) is 2.55. The van der Waals surface area contributed by atoms with E-state index in [0.29, 0.717) is 8.95 Å². The minimum absolute atomic E-state index is 0.165. The molecule has 0 saturated heterocycles. The Balaban J connectivity index is 3.37. The Kier molecular flexibility index (Phi) is 7.93. The van der Waals surface area contributed by atoms with Crippen molar-refractivity contribution in [3.63, 3.8) is 0 Å². The Bertz CT molecular complexity index is 687. The summed E-state index contributed by atoms with van der Waals surface area (Å²) in [5, 5.41) is 2.72. The van der Waals surface area contributed by atoms with Crippen molar-refractivity contribution in [2.24, 2.45) is 0 Å². The molecule has 9 heteroatoms. The fourth-order valence-electron chi connectivity index (χ4n) is 1.64. The number of carbonyl (C=O) groups is 3. The van der Waals surface area contributed by atoms with Crippen LogP contribution >= 0.6 is 31.9 Å². The van der Waals surface area contributed by atoms with Crippen LogP contribution in [0.1, 0.15) is 17.3 Å². The van der Waals surface area contributed by atoms with Gasteiger partial charge in [-0.15, -0.1) is 0 Å². The zero-order valence-electron chi connectivity index (χ0n) is 13.1. The third kappa shape index (κ3) is 5.34. The number of ether oxygens (including phenoxy) is 3. The molecule has 0 radical (unpaired) electrons. The van der Waals surface area contributed by atoms with Gasteiger partial charge in [-0.3, -0.25) is 0 Å². The summed E-state index contributed by atoms with van der Waals surface area (Å²) in [4.78, 5) is 35.4. The number of benzene rings is 1. The monoisotopic (exact) mass is 463 g/mol. The minimum atomic E-state index is -0.801. The molecule has 24 heavy (non-hydrogen) atoms. The zero-order chi connectivity index (χ0) is 18.3. The average molecular weight is 465 g/mol. The van der Waals surface area contributed by atoms with Gasteiger partial charge in [0.15, 0.2) is 0 Å². The molecule has 7 nitrogen and oxygen atoms in total. The Morgan fingerprint density at radius 3 is 2.38 bits per heavy atom. The number of hydrogen-bond donors (Lipinski definition) is 1. The van der Waals surface area contributed by atoms with E-state index in [4.69, 9.17) is 4.74 Å². The lowest BCUT2D eigenvalue weighted by Gasteiger charge is -2.15. The number of carbonyl (C=O) groups excluding carboxylic acids is 3. The van der Waals surface area contributed by atoms with Gasteiger partial charge in [-0.25, -0.2) is 14.4 Å². The summed E-state index contributed by atoms with van der Waals surface area (Å²) < 4.78 is 15.2. The Labute approximate surface area is 155 Å². The summed E-state index contributed by atoms with van der Waals surface area (Å²) in [5.74, 6) is -2.15. The molecular weight excluding hydrogens is 450 g/mol. The van der Waals surface area contributed by atoms with E-state index >= 15 is 0 Å². The molecule has 0 aliphatic rings. The summed E-state index contributed by atoms with van der Waals surface area (Å²) >= 11 is 6.59. The van der Waals surface area contributed by atoms with Gasteiger partial charge >= 0.3 is 17.9 Å². The van der Waals surface area contributed by atoms with Crippen molar-refractivity contribution in [2.45, 2.75) is 6.92 Å². The fraction of sp³-hybridized carbons (Fsp3) is 0.267. The van der Waals surface area contributed by atoms with Gasteiger partial charge in [0.25, 0.3) is 0 Å². The lowest BCUT2D eigenvalue weighted by molar-refractivity contribution is -0.138. The number of rotatable bonds is 6. The highest BCUT2D eigenvalue weighted by Gasteiger charge is 2.21. The van der Waals surface area contributed by atoms with Crippen LogP contribution in [-0.2, 0) is 23.8 Å². The standard InChI is InChI=1S/C15H15Br2NO6/c1-4-24-14(20)9-5-8(16)6-10(17)13(9)18-11(15(21)23-3)7-12(19)22-2/h5-7,18H,4H2,1-3H3/b11-7+. The van der Waals surface area contributed by atoms with Crippen molar-refractivity contribution < 1.29 is 28.6 Å². The van der Waals surface area contributed by atoms with Crippen molar-refractivity contribution in [2.75, 3.05) is 26.1 Å². The highest BCUT2D eigenvalue weighted by atomic mass is 79.9. The maximum Gasteiger partial charge on any atom is 0.354 e. The third-order valence-corrected chi connectivity index (χ3v) is 3.76. The zero-order valence-corrected chi connectivity index (χ0v) is 16.3. The SMILES string of the molecule is CCOC(=O)c1cc(Br)cc(Br)c1N/C(=C/C(=O)OC)C(=O)OC. The van der Waals surface area contributed by atoms with Crippen LogP contribution < -0.4 is 5.32 Å². The van der Waals surface area contributed by atoms with Gasteiger partial charge in [0, 0.05) is 8.95 Å². The van der Waals surface area contributed by atoms with Crippen LogP contribution in [0.2, 0.25) is 0 Å². The van der Waals surface area contributed by atoms with Gasteiger partial charge in [-0.1, -0.05) is 15.9 Å². The molecule has 0 atom stereocenters. The molecule has 0 spiro atoms. The second-order valence-electron chi connectivity index (χ2n) is 4.23. The van der Waals surface area contributed by atoms with Crippen LogP contribution in [-0.4, -0.2) is 38.7 Å².